The monoisotopic (exact) mass is 382 g/mol. The van der Waals surface area contributed by atoms with Crippen LogP contribution in [0.5, 0.6) is 23.0 Å². The van der Waals surface area contributed by atoms with E-state index in [1.54, 1.807) is 18.2 Å². The molecule has 0 radical (unpaired) electrons. The number of hydrogen-bond donors (Lipinski definition) is 1. The van der Waals surface area contributed by atoms with Crippen LogP contribution < -0.4 is 24.3 Å². The van der Waals surface area contributed by atoms with Gasteiger partial charge in [0, 0.05) is 36.4 Å². The van der Waals surface area contributed by atoms with Crippen LogP contribution in [0.15, 0.2) is 36.4 Å². The minimum absolute atomic E-state index is 0.0203. The molecule has 0 aliphatic carbocycles. The van der Waals surface area contributed by atoms with Gasteiger partial charge in [0.25, 0.3) is 5.91 Å². The third-order valence-electron chi connectivity index (χ3n) is 5.24. The summed E-state index contributed by atoms with van der Waals surface area (Å²) < 4.78 is 21.9. The minimum Gasteiger partial charge on any atom is -0.486 e. The fourth-order valence-electron chi connectivity index (χ4n) is 3.86. The molecular weight excluding hydrogens is 360 g/mol. The van der Waals surface area contributed by atoms with Crippen LogP contribution in [0.3, 0.4) is 0 Å². The smallest absolute Gasteiger partial charge is 0.254 e. The third-order valence-corrected chi connectivity index (χ3v) is 5.24. The molecule has 28 heavy (non-hydrogen) atoms. The number of nitrogens with one attached hydrogen (secondary N) is 1. The van der Waals surface area contributed by atoms with Crippen LogP contribution >= 0.6 is 0 Å². The molecule has 1 fully saturated rings. The molecule has 0 aromatic heterocycles. The maximum atomic E-state index is 13.0. The Hall–Kier alpha value is -3.09. The number of amides is 1. The number of benzene rings is 2. The molecule has 7 heteroatoms. The van der Waals surface area contributed by atoms with Crippen molar-refractivity contribution in [2.45, 2.75) is 18.9 Å². The van der Waals surface area contributed by atoms with Gasteiger partial charge in [0.15, 0.2) is 23.0 Å². The molecule has 0 bridgehead atoms. The van der Waals surface area contributed by atoms with E-state index in [1.807, 2.05) is 23.1 Å². The summed E-state index contributed by atoms with van der Waals surface area (Å²) in [5.74, 6) is 2.88. The average molecular weight is 382 g/mol. The molecule has 0 saturated carbocycles. The Balaban J connectivity index is 1.26. The molecule has 1 amide bonds. The van der Waals surface area contributed by atoms with Crippen LogP contribution in [-0.2, 0) is 0 Å². The molecule has 2 aromatic rings. The second-order valence-electron chi connectivity index (χ2n) is 7.16. The molecular formula is C21H22N2O5. The molecule has 3 aliphatic rings. The van der Waals surface area contributed by atoms with Crippen molar-refractivity contribution in [1.29, 1.82) is 0 Å². The number of hydrogen-bond acceptors (Lipinski definition) is 6. The van der Waals surface area contributed by atoms with E-state index >= 15 is 0 Å². The Labute approximate surface area is 163 Å². The van der Waals surface area contributed by atoms with Crippen molar-refractivity contribution in [1.82, 2.24) is 4.90 Å². The number of anilines is 1. The van der Waals surface area contributed by atoms with Gasteiger partial charge in [-0.25, -0.2) is 0 Å². The number of carbonyl (C=O) groups excluding carboxylic acids is 1. The van der Waals surface area contributed by atoms with Crippen LogP contribution in [0, 0.1) is 0 Å². The highest BCUT2D eigenvalue weighted by Gasteiger charge is 2.26. The van der Waals surface area contributed by atoms with Gasteiger partial charge in [0.1, 0.15) is 13.2 Å². The van der Waals surface area contributed by atoms with Crippen molar-refractivity contribution in [3.8, 4) is 23.0 Å². The SMILES string of the molecule is O=C(c1ccc2c(c1)OCO2)N1CCC[C@H](Nc2ccc3c(c2)OCCO3)C1. The highest BCUT2D eigenvalue weighted by atomic mass is 16.7. The Morgan fingerprint density at radius 3 is 2.61 bits per heavy atom. The molecule has 0 unspecified atom stereocenters. The summed E-state index contributed by atoms with van der Waals surface area (Å²) in [6.07, 6.45) is 1.97. The number of ether oxygens (including phenoxy) is 4. The number of likely N-dealkylation sites (tertiary alicyclic amines) is 1. The number of carbonyl (C=O) groups is 1. The van der Waals surface area contributed by atoms with Gasteiger partial charge < -0.3 is 29.2 Å². The predicted octanol–water partition coefficient (Wildman–Crippen LogP) is 2.90. The molecule has 3 aliphatic heterocycles. The van der Waals surface area contributed by atoms with Gasteiger partial charge in [-0.1, -0.05) is 0 Å². The molecule has 3 heterocycles. The summed E-state index contributed by atoms with van der Waals surface area (Å²) >= 11 is 0. The van der Waals surface area contributed by atoms with E-state index < -0.39 is 0 Å². The third kappa shape index (κ3) is 3.28. The lowest BCUT2D eigenvalue weighted by atomic mass is 10.0. The van der Waals surface area contributed by atoms with Crippen LogP contribution in [0.2, 0.25) is 0 Å². The lowest BCUT2D eigenvalue weighted by Gasteiger charge is -2.34. The lowest BCUT2D eigenvalue weighted by molar-refractivity contribution is 0.0714. The van der Waals surface area contributed by atoms with Crippen molar-refractivity contribution >= 4 is 11.6 Å². The standard InChI is InChI=1S/C21H22N2O5/c24-21(14-3-5-18-19(10-14)28-13-27-18)23-7-1-2-16(12-23)22-15-4-6-17-20(11-15)26-9-8-25-17/h3-6,10-11,16,22H,1-2,7-9,12-13H2/t16-/m0/s1. The maximum absolute atomic E-state index is 13.0. The number of nitrogens with zero attached hydrogens (tertiary/aromatic N) is 1. The first-order valence-electron chi connectivity index (χ1n) is 9.61. The zero-order chi connectivity index (χ0) is 18.9. The quantitative estimate of drug-likeness (QED) is 0.880. The van der Waals surface area contributed by atoms with Gasteiger partial charge in [-0.2, -0.15) is 0 Å². The summed E-state index contributed by atoms with van der Waals surface area (Å²) in [5, 5.41) is 3.53. The molecule has 5 rings (SSSR count). The topological polar surface area (TPSA) is 69.3 Å². The van der Waals surface area contributed by atoms with E-state index in [0.29, 0.717) is 36.8 Å². The van der Waals surface area contributed by atoms with Gasteiger partial charge in [-0.15, -0.1) is 0 Å². The first-order chi connectivity index (χ1) is 13.8. The van der Waals surface area contributed by atoms with Crippen LogP contribution in [0.4, 0.5) is 5.69 Å². The van der Waals surface area contributed by atoms with Crippen LogP contribution in [-0.4, -0.2) is 49.9 Å². The summed E-state index contributed by atoms with van der Waals surface area (Å²) in [5.41, 5.74) is 1.61. The highest BCUT2D eigenvalue weighted by molar-refractivity contribution is 5.95. The first-order valence-corrected chi connectivity index (χ1v) is 9.61. The Kier molecular flexibility index (Phi) is 4.35. The molecule has 1 saturated heterocycles. The molecule has 7 nitrogen and oxygen atoms in total. The largest absolute Gasteiger partial charge is 0.486 e. The maximum Gasteiger partial charge on any atom is 0.254 e. The van der Waals surface area contributed by atoms with Crippen molar-refractivity contribution in [3.05, 3.63) is 42.0 Å². The Morgan fingerprint density at radius 2 is 1.68 bits per heavy atom. The van der Waals surface area contributed by atoms with Crippen molar-refractivity contribution in [2.75, 3.05) is 38.4 Å². The van der Waals surface area contributed by atoms with E-state index in [4.69, 9.17) is 18.9 Å². The van der Waals surface area contributed by atoms with Gasteiger partial charge >= 0.3 is 0 Å². The Morgan fingerprint density at radius 1 is 0.929 bits per heavy atom. The fourth-order valence-corrected chi connectivity index (χ4v) is 3.86. The summed E-state index contributed by atoms with van der Waals surface area (Å²) in [4.78, 5) is 14.9. The van der Waals surface area contributed by atoms with E-state index in [0.717, 1.165) is 36.6 Å². The number of fused-ring (bicyclic) bond motifs is 2. The summed E-state index contributed by atoms with van der Waals surface area (Å²) in [6, 6.07) is 11.4. The minimum atomic E-state index is 0.0203. The first kappa shape index (κ1) is 17.0. The molecule has 0 spiro atoms. The van der Waals surface area contributed by atoms with Crippen LogP contribution in [0.25, 0.3) is 0 Å². The Bertz CT molecular complexity index is 900. The van der Waals surface area contributed by atoms with Crippen molar-refractivity contribution in [3.63, 3.8) is 0 Å². The van der Waals surface area contributed by atoms with E-state index in [2.05, 4.69) is 5.32 Å². The van der Waals surface area contributed by atoms with Crippen LogP contribution in [0.1, 0.15) is 23.2 Å². The van der Waals surface area contributed by atoms with Gasteiger partial charge in [-0.3, -0.25) is 4.79 Å². The molecule has 2 aromatic carbocycles. The number of rotatable bonds is 3. The normalized spacial score (nSPS) is 20.0. The summed E-state index contributed by atoms with van der Waals surface area (Å²) in [6.45, 7) is 2.77. The molecule has 1 atom stereocenters. The summed E-state index contributed by atoms with van der Waals surface area (Å²) in [7, 11) is 0. The highest BCUT2D eigenvalue weighted by Crippen LogP contribution is 2.34. The van der Waals surface area contributed by atoms with E-state index in [1.165, 1.54) is 0 Å². The average Bonchev–Trinajstić information content (AvgIpc) is 3.21. The van der Waals surface area contributed by atoms with E-state index in [9.17, 15) is 4.79 Å². The number of piperidine rings is 1. The lowest BCUT2D eigenvalue weighted by Crippen LogP contribution is -2.45. The fraction of sp³-hybridized carbons (Fsp3) is 0.381. The van der Waals surface area contributed by atoms with Crippen molar-refractivity contribution in [2.24, 2.45) is 0 Å². The zero-order valence-electron chi connectivity index (χ0n) is 15.5. The van der Waals surface area contributed by atoms with Gasteiger partial charge in [-0.05, 0) is 43.2 Å². The second kappa shape index (κ2) is 7.14. The van der Waals surface area contributed by atoms with Gasteiger partial charge in [0.05, 0.1) is 0 Å². The van der Waals surface area contributed by atoms with Crippen molar-refractivity contribution < 1.29 is 23.7 Å². The molecule has 146 valence electrons. The van der Waals surface area contributed by atoms with E-state index in [-0.39, 0.29) is 18.7 Å². The second-order valence-corrected chi connectivity index (χ2v) is 7.16. The predicted molar refractivity (Wildman–Crippen MR) is 103 cm³/mol. The zero-order valence-corrected chi connectivity index (χ0v) is 15.5. The van der Waals surface area contributed by atoms with Gasteiger partial charge in [0.2, 0.25) is 6.79 Å². The molecule has 1 N–H and O–H groups in total.